The van der Waals surface area contributed by atoms with Gasteiger partial charge in [0, 0.05) is 26.2 Å². The summed E-state index contributed by atoms with van der Waals surface area (Å²) in [5.41, 5.74) is -0.369. The molecular formula is C17H25FN2O4. The van der Waals surface area contributed by atoms with Crippen molar-refractivity contribution < 1.29 is 23.5 Å². The minimum absolute atomic E-state index is 0.0179. The van der Waals surface area contributed by atoms with Gasteiger partial charge in [-0.2, -0.15) is 0 Å². The minimum atomic E-state index is -0.606. The number of halogens is 1. The molecule has 1 amide bonds. The van der Waals surface area contributed by atoms with Gasteiger partial charge in [0.25, 0.3) is 0 Å². The number of amides is 1. The molecule has 1 aromatic carbocycles. The van der Waals surface area contributed by atoms with Gasteiger partial charge in [0.2, 0.25) is 0 Å². The van der Waals surface area contributed by atoms with Crippen LogP contribution in [0.4, 0.5) is 9.18 Å². The molecule has 1 N–H and O–H groups in total. The molecule has 0 unspecified atom stereocenters. The van der Waals surface area contributed by atoms with E-state index in [0.29, 0.717) is 6.29 Å². The first-order valence-electron chi connectivity index (χ1n) is 7.75. The molecular weight excluding hydrogens is 315 g/mol. The van der Waals surface area contributed by atoms with Crippen molar-refractivity contribution in [1.82, 2.24) is 10.2 Å². The highest BCUT2D eigenvalue weighted by Crippen LogP contribution is 2.18. The largest absolute Gasteiger partial charge is 0.494 e. The lowest BCUT2D eigenvalue weighted by Gasteiger charge is -2.30. The smallest absolute Gasteiger partial charge is 0.410 e. The quantitative estimate of drug-likeness (QED) is 0.838. The summed E-state index contributed by atoms with van der Waals surface area (Å²) in [5, 5.41) is 3.18. The van der Waals surface area contributed by atoms with Crippen LogP contribution in [0.2, 0.25) is 0 Å². The Morgan fingerprint density at radius 1 is 1.29 bits per heavy atom. The molecule has 134 valence electrons. The van der Waals surface area contributed by atoms with Gasteiger partial charge in [-0.25, -0.2) is 9.18 Å². The van der Waals surface area contributed by atoms with E-state index in [4.69, 9.17) is 4.74 Å². The Morgan fingerprint density at radius 2 is 1.92 bits per heavy atom. The van der Waals surface area contributed by atoms with Gasteiger partial charge in [-0.3, -0.25) is 4.79 Å². The molecule has 1 aromatic rings. The number of hydrogen-bond acceptors (Lipinski definition) is 5. The molecule has 1 heterocycles. The summed E-state index contributed by atoms with van der Waals surface area (Å²) < 4.78 is 22.8. The predicted molar refractivity (Wildman–Crippen MR) is 89.0 cm³/mol. The van der Waals surface area contributed by atoms with Gasteiger partial charge < -0.3 is 19.7 Å². The fourth-order valence-corrected chi connectivity index (χ4v) is 1.95. The van der Waals surface area contributed by atoms with Crippen molar-refractivity contribution in [2.45, 2.75) is 26.4 Å². The zero-order chi connectivity index (χ0) is 18.2. The Bertz CT molecular complexity index is 552. The fourth-order valence-electron chi connectivity index (χ4n) is 1.95. The highest BCUT2D eigenvalue weighted by Gasteiger charge is 2.22. The lowest BCUT2D eigenvalue weighted by Crippen LogP contribution is -2.48. The third kappa shape index (κ3) is 6.54. The summed E-state index contributed by atoms with van der Waals surface area (Å²) in [6.45, 7) is 8.86. The SMILES string of the molecule is CC(C)(C)OC(=O)N1CCNCC1.COc1cccc(C=O)c1F. The van der Waals surface area contributed by atoms with Crippen LogP contribution in [-0.2, 0) is 4.74 Å². The van der Waals surface area contributed by atoms with E-state index in [0.717, 1.165) is 26.2 Å². The number of ether oxygens (including phenoxy) is 2. The molecule has 1 saturated heterocycles. The second-order valence-corrected chi connectivity index (χ2v) is 6.20. The van der Waals surface area contributed by atoms with Crippen LogP contribution < -0.4 is 10.1 Å². The van der Waals surface area contributed by atoms with Crippen molar-refractivity contribution in [2.24, 2.45) is 0 Å². The third-order valence-electron chi connectivity index (χ3n) is 3.11. The van der Waals surface area contributed by atoms with E-state index in [1.165, 1.54) is 19.2 Å². The van der Waals surface area contributed by atoms with Crippen LogP contribution in [0.5, 0.6) is 5.75 Å². The maximum Gasteiger partial charge on any atom is 0.410 e. The monoisotopic (exact) mass is 340 g/mol. The van der Waals surface area contributed by atoms with E-state index in [2.05, 4.69) is 10.1 Å². The standard InChI is InChI=1S/C9H18N2O2.C8H7FO2/c1-9(2,3)13-8(12)11-6-4-10-5-7-11;1-11-7-4-2-3-6(5-10)8(7)9/h10H,4-7H2,1-3H3;2-5H,1H3. The normalized spacial score (nSPS) is 14.3. The molecule has 0 spiro atoms. The number of aldehydes is 1. The number of piperazine rings is 1. The molecule has 0 atom stereocenters. The molecule has 0 bridgehead atoms. The Kier molecular flexibility index (Phi) is 7.64. The second-order valence-electron chi connectivity index (χ2n) is 6.20. The van der Waals surface area contributed by atoms with Crippen molar-refractivity contribution in [2.75, 3.05) is 33.3 Å². The summed E-state index contributed by atoms with van der Waals surface area (Å²) >= 11 is 0. The number of nitrogens with zero attached hydrogens (tertiary/aromatic N) is 1. The molecule has 0 radical (unpaired) electrons. The van der Waals surface area contributed by atoms with Gasteiger partial charge in [-0.1, -0.05) is 6.07 Å². The van der Waals surface area contributed by atoms with Crippen molar-refractivity contribution in [3.63, 3.8) is 0 Å². The Labute approximate surface area is 141 Å². The predicted octanol–water partition coefficient (Wildman–Crippen LogP) is 2.47. The van der Waals surface area contributed by atoms with E-state index >= 15 is 0 Å². The summed E-state index contributed by atoms with van der Waals surface area (Å²) in [5.74, 6) is -0.514. The van der Waals surface area contributed by atoms with Crippen LogP contribution in [0.1, 0.15) is 31.1 Å². The topological polar surface area (TPSA) is 67.9 Å². The maximum absolute atomic E-state index is 12.9. The molecule has 24 heavy (non-hydrogen) atoms. The lowest BCUT2D eigenvalue weighted by molar-refractivity contribution is 0.0229. The second kappa shape index (κ2) is 9.22. The van der Waals surface area contributed by atoms with Gasteiger partial charge >= 0.3 is 6.09 Å². The van der Waals surface area contributed by atoms with Crippen molar-refractivity contribution >= 4 is 12.4 Å². The summed E-state index contributed by atoms with van der Waals surface area (Å²) in [6.07, 6.45) is 0.256. The van der Waals surface area contributed by atoms with E-state index in [-0.39, 0.29) is 23.0 Å². The van der Waals surface area contributed by atoms with Crippen LogP contribution in [0, 0.1) is 5.82 Å². The van der Waals surface area contributed by atoms with E-state index < -0.39 is 5.82 Å². The average Bonchev–Trinajstić information content (AvgIpc) is 2.55. The minimum Gasteiger partial charge on any atom is -0.494 e. The van der Waals surface area contributed by atoms with Gasteiger partial charge in [0.05, 0.1) is 12.7 Å². The van der Waals surface area contributed by atoms with Gasteiger partial charge in [0.1, 0.15) is 5.60 Å². The van der Waals surface area contributed by atoms with Gasteiger partial charge in [-0.05, 0) is 32.9 Å². The number of carbonyl (C=O) groups is 2. The van der Waals surface area contributed by atoms with E-state index in [1.54, 1.807) is 11.0 Å². The molecule has 7 heteroatoms. The molecule has 0 aliphatic carbocycles. The molecule has 1 aliphatic rings. The van der Waals surface area contributed by atoms with Crippen LogP contribution in [0.25, 0.3) is 0 Å². The van der Waals surface area contributed by atoms with Crippen molar-refractivity contribution in [3.8, 4) is 5.75 Å². The molecule has 0 aromatic heterocycles. The Hall–Kier alpha value is -2.15. The zero-order valence-electron chi connectivity index (χ0n) is 14.6. The molecule has 0 saturated carbocycles. The number of methoxy groups -OCH3 is 1. The first-order chi connectivity index (χ1) is 11.3. The fraction of sp³-hybridized carbons (Fsp3) is 0.529. The first-order valence-corrected chi connectivity index (χ1v) is 7.75. The highest BCUT2D eigenvalue weighted by atomic mass is 19.1. The highest BCUT2D eigenvalue weighted by molar-refractivity contribution is 5.76. The van der Waals surface area contributed by atoms with Gasteiger partial charge in [0.15, 0.2) is 17.9 Å². The summed E-state index contributed by atoms with van der Waals surface area (Å²) in [4.78, 5) is 23.4. The van der Waals surface area contributed by atoms with Crippen molar-refractivity contribution in [3.05, 3.63) is 29.6 Å². The third-order valence-corrected chi connectivity index (χ3v) is 3.11. The Morgan fingerprint density at radius 3 is 2.42 bits per heavy atom. The number of benzene rings is 1. The van der Waals surface area contributed by atoms with Crippen molar-refractivity contribution in [1.29, 1.82) is 0 Å². The van der Waals surface area contributed by atoms with Crippen LogP contribution in [0.3, 0.4) is 0 Å². The van der Waals surface area contributed by atoms with E-state index in [9.17, 15) is 14.0 Å². The number of nitrogens with one attached hydrogen (secondary N) is 1. The molecule has 2 rings (SSSR count). The number of carbonyl (C=O) groups excluding carboxylic acids is 2. The van der Waals surface area contributed by atoms with Crippen LogP contribution in [0.15, 0.2) is 18.2 Å². The Balaban J connectivity index is 0.000000243. The van der Waals surface area contributed by atoms with Gasteiger partial charge in [-0.15, -0.1) is 0 Å². The molecule has 6 nitrogen and oxygen atoms in total. The summed E-state index contributed by atoms with van der Waals surface area (Å²) in [6, 6.07) is 4.42. The maximum atomic E-state index is 12.9. The first kappa shape index (κ1) is 19.9. The van der Waals surface area contributed by atoms with Crippen LogP contribution in [-0.4, -0.2) is 56.2 Å². The lowest BCUT2D eigenvalue weighted by atomic mass is 10.2. The average molecular weight is 340 g/mol. The summed E-state index contributed by atoms with van der Waals surface area (Å²) in [7, 11) is 1.35. The number of hydrogen-bond donors (Lipinski definition) is 1. The van der Waals surface area contributed by atoms with E-state index in [1.807, 2.05) is 20.8 Å². The number of rotatable bonds is 2. The molecule has 1 fully saturated rings. The van der Waals surface area contributed by atoms with Crippen LogP contribution >= 0.6 is 0 Å². The molecule has 1 aliphatic heterocycles. The zero-order valence-corrected chi connectivity index (χ0v) is 14.6.